The Morgan fingerprint density at radius 1 is 1.27 bits per heavy atom. The van der Waals surface area contributed by atoms with Gasteiger partial charge in [-0.1, -0.05) is 4.89 Å². The molecule has 90 valence electrons. The van der Waals surface area contributed by atoms with Crippen molar-refractivity contribution in [3.63, 3.8) is 0 Å². The highest BCUT2D eigenvalue weighted by atomic mass is 32.2. The molecule has 7 heteroatoms. The van der Waals surface area contributed by atoms with E-state index in [4.69, 9.17) is 4.84 Å². The van der Waals surface area contributed by atoms with Crippen LogP contribution < -0.4 is 10.2 Å². The molecule has 0 spiro atoms. The van der Waals surface area contributed by atoms with Crippen molar-refractivity contribution >= 4 is 10.2 Å². The van der Waals surface area contributed by atoms with E-state index < -0.39 is 15.8 Å². The molecule has 15 heavy (non-hydrogen) atoms. The second-order valence-electron chi connectivity index (χ2n) is 4.45. The molecule has 0 atom stereocenters. The molecule has 2 N–H and O–H groups in total. The Bertz CT molecular complexity index is 291. The molecular formula is C8H19N3O3S. The average molecular weight is 237 g/mol. The quantitative estimate of drug-likeness (QED) is 0.647. The van der Waals surface area contributed by atoms with Crippen LogP contribution in [0.25, 0.3) is 0 Å². The molecule has 1 saturated heterocycles. The summed E-state index contributed by atoms with van der Waals surface area (Å²) in [7, 11) is -3.50. The minimum Gasteiger partial charge on any atom is -0.314 e. The Hall–Kier alpha value is -0.210. The number of hydrogen-bond acceptors (Lipinski definition) is 4. The Balaban J connectivity index is 2.51. The van der Waals surface area contributed by atoms with E-state index in [9.17, 15) is 8.42 Å². The molecule has 1 aliphatic heterocycles. The lowest BCUT2D eigenvalue weighted by Gasteiger charge is -2.28. The van der Waals surface area contributed by atoms with Gasteiger partial charge in [0, 0.05) is 26.2 Å². The smallest absolute Gasteiger partial charge is 0.301 e. The van der Waals surface area contributed by atoms with E-state index in [1.807, 2.05) is 0 Å². The first kappa shape index (κ1) is 12.9. The molecule has 0 unspecified atom stereocenters. The van der Waals surface area contributed by atoms with Crippen molar-refractivity contribution in [3.05, 3.63) is 0 Å². The summed E-state index contributed by atoms with van der Waals surface area (Å²) in [5.41, 5.74) is -0.527. The third-order valence-electron chi connectivity index (χ3n) is 1.87. The highest BCUT2D eigenvalue weighted by Gasteiger charge is 2.25. The summed E-state index contributed by atoms with van der Waals surface area (Å²) in [5.74, 6) is 0. The van der Waals surface area contributed by atoms with Crippen LogP contribution in [0.3, 0.4) is 0 Å². The topological polar surface area (TPSA) is 70.7 Å². The van der Waals surface area contributed by atoms with Gasteiger partial charge < -0.3 is 5.32 Å². The highest BCUT2D eigenvalue weighted by Crippen LogP contribution is 2.07. The Labute approximate surface area is 91.1 Å². The molecule has 0 aromatic rings. The number of rotatable bonds is 3. The van der Waals surface area contributed by atoms with Gasteiger partial charge >= 0.3 is 10.2 Å². The molecule has 0 amide bonds. The van der Waals surface area contributed by atoms with Crippen LogP contribution in [0.4, 0.5) is 0 Å². The predicted octanol–water partition coefficient (Wildman–Crippen LogP) is -0.544. The molecule has 1 rings (SSSR count). The van der Waals surface area contributed by atoms with Crippen LogP contribution in [0.5, 0.6) is 0 Å². The van der Waals surface area contributed by atoms with E-state index >= 15 is 0 Å². The van der Waals surface area contributed by atoms with Crippen molar-refractivity contribution in [2.45, 2.75) is 26.4 Å². The van der Waals surface area contributed by atoms with E-state index in [2.05, 4.69) is 10.2 Å². The monoisotopic (exact) mass is 237 g/mol. The first-order valence-electron chi connectivity index (χ1n) is 4.97. The van der Waals surface area contributed by atoms with Crippen LogP contribution in [0, 0.1) is 0 Å². The van der Waals surface area contributed by atoms with Gasteiger partial charge in [0.2, 0.25) is 0 Å². The van der Waals surface area contributed by atoms with Gasteiger partial charge in [0.05, 0.1) is 5.60 Å². The molecule has 1 heterocycles. The van der Waals surface area contributed by atoms with E-state index in [0.29, 0.717) is 26.2 Å². The molecule has 0 bridgehead atoms. The summed E-state index contributed by atoms with van der Waals surface area (Å²) >= 11 is 0. The maximum atomic E-state index is 11.7. The van der Waals surface area contributed by atoms with Crippen molar-refractivity contribution in [1.29, 1.82) is 0 Å². The van der Waals surface area contributed by atoms with E-state index in [0.717, 1.165) is 0 Å². The van der Waals surface area contributed by atoms with Crippen molar-refractivity contribution in [1.82, 2.24) is 14.5 Å². The second kappa shape index (κ2) is 4.75. The predicted molar refractivity (Wildman–Crippen MR) is 57.3 cm³/mol. The summed E-state index contributed by atoms with van der Waals surface area (Å²) in [6, 6.07) is 0. The molecule has 0 aromatic carbocycles. The summed E-state index contributed by atoms with van der Waals surface area (Å²) in [6.07, 6.45) is 0. The maximum Gasteiger partial charge on any atom is 0.301 e. The van der Waals surface area contributed by atoms with Crippen LogP contribution in [-0.4, -0.2) is 44.5 Å². The van der Waals surface area contributed by atoms with E-state index in [1.165, 1.54) is 4.31 Å². The molecule has 0 radical (unpaired) electrons. The summed E-state index contributed by atoms with van der Waals surface area (Å²) in [5, 5.41) is 3.08. The molecule has 0 aromatic heterocycles. The fourth-order valence-electron chi connectivity index (χ4n) is 1.12. The lowest BCUT2D eigenvalue weighted by molar-refractivity contribution is -0.0383. The van der Waals surface area contributed by atoms with Crippen LogP contribution in [0.15, 0.2) is 0 Å². The lowest BCUT2D eigenvalue weighted by atomic mass is 10.2. The van der Waals surface area contributed by atoms with Crippen LogP contribution in [-0.2, 0) is 15.0 Å². The zero-order chi connectivity index (χ0) is 11.5. The number of nitrogens with one attached hydrogen (secondary N) is 2. The normalized spacial score (nSPS) is 20.5. The lowest BCUT2D eigenvalue weighted by Crippen LogP contribution is -2.51. The zero-order valence-electron chi connectivity index (χ0n) is 9.41. The Kier molecular flexibility index (Phi) is 4.07. The summed E-state index contributed by atoms with van der Waals surface area (Å²) < 4.78 is 24.8. The first-order chi connectivity index (χ1) is 6.81. The largest absolute Gasteiger partial charge is 0.314 e. The standard InChI is InChI=1S/C8H19N3O3S/c1-8(2,3)14-10-15(12,13)11-6-4-9-5-7-11/h9-10H,4-7H2,1-3H3. The molecular weight excluding hydrogens is 218 g/mol. The fourth-order valence-corrected chi connectivity index (χ4v) is 2.24. The first-order valence-corrected chi connectivity index (χ1v) is 6.41. The minimum atomic E-state index is -3.50. The van der Waals surface area contributed by atoms with Crippen LogP contribution in [0.2, 0.25) is 0 Å². The molecule has 0 saturated carbocycles. The third kappa shape index (κ3) is 4.43. The average Bonchev–Trinajstić information content (AvgIpc) is 2.16. The second-order valence-corrected chi connectivity index (χ2v) is 6.09. The van der Waals surface area contributed by atoms with Gasteiger partial charge in [0.1, 0.15) is 0 Å². The highest BCUT2D eigenvalue weighted by molar-refractivity contribution is 7.87. The fraction of sp³-hybridized carbons (Fsp3) is 1.00. The van der Waals surface area contributed by atoms with Gasteiger partial charge in [0.15, 0.2) is 0 Å². The van der Waals surface area contributed by atoms with Gasteiger partial charge in [-0.2, -0.15) is 12.7 Å². The van der Waals surface area contributed by atoms with Gasteiger partial charge in [-0.15, -0.1) is 0 Å². The summed E-state index contributed by atoms with van der Waals surface area (Å²) in [6.45, 7) is 7.66. The minimum absolute atomic E-state index is 0.475. The van der Waals surface area contributed by atoms with Crippen molar-refractivity contribution < 1.29 is 13.3 Å². The number of piperazine rings is 1. The SMILES string of the molecule is CC(C)(C)ONS(=O)(=O)N1CCNCC1. The van der Waals surface area contributed by atoms with Crippen molar-refractivity contribution in [2.24, 2.45) is 0 Å². The Morgan fingerprint density at radius 3 is 2.27 bits per heavy atom. The van der Waals surface area contributed by atoms with Crippen molar-refractivity contribution in [2.75, 3.05) is 26.2 Å². The molecule has 1 fully saturated rings. The zero-order valence-corrected chi connectivity index (χ0v) is 10.2. The summed E-state index contributed by atoms with van der Waals surface area (Å²) in [4.78, 5) is 7.19. The number of nitrogens with zero attached hydrogens (tertiary/aromatic N) is 1. The Morgan fingerprint density at radius 2 is 1.80 bits per heavy atom. The van der Waals surface area contributed by atoms with E-state index in [1.54, 1.807) is 20.8 Å². The third-order valence-corrected chi connectivity index (χ3v) is 3.21. The van der Waals surface area contributed by atoms with Gasteiger partial charge in [-0.3, -0.25) is 4.84 Å². The van der Waals surface area contributed by atoms with Gasteiger partial charge in [-0.25, -0.2) is 0 Å². The molecule has 1 aliphatic rings. The van der Waals surface area contributed by atoms with Crippen LogP contribution in [0.1, 0.15) is 20.8 Å². The van der Waals surface area contributed by atoms with Crippen molar-refractivity contribution in [3.8, 4) is 0 Å². The maximum absolute atomic E-state index is 11.7. The van der Waals surface area contributed by atoms with E-state index in [-0.39, 0.29) is 0 Å². The van der Waals surface area contributed by atoms with Gasteiger partial charge in [-0.05, 0) is 20.8 Å². The van der Waals surface area contributed by atoms with Gasteiger partial charge in [0.25, 0.3) is 0 Å². The number of hydrogen-bond donors (Lipinski definition) is 2. The molecule has 0 aliphatic carbocycles. The molecule has 6 nitrogen and oxygen atoms in total. The van der Waals surface area contributed by atoms with Crippen LogP contribution >= 0.6 is 0 Å².